The summed E-state index contributed by atoms with van der Waals surface area (Å²) in [6, 6.07) is 17.6. The standard InChI is InChI=1S/C23H23N5O2/c24-22(29)21-13-28(8-7-25-21)12-14-5-6-19-16(9-14)11-20(26-19)17-10-15-3-1-2-4-18(15)27-23(17)30/h1-6,9-11,21,25-26H,7-8,12-13H2,(H2,24,29)(H,27,30). The number of piperazine rings is 1. The highest BCUT2D eigenvalue weighted by Crippen LogP contribution is 2.25. The Bertz CT molecular complexity index is 1310. The molecule has 152 valence electrons. The Kier molecular flexibility index (Phi) is 4.61. The van der Waals surface area contributed by atoms with Gasteiger partial charge in [-0.15, -0.1) is 0 Å². The lowest BCUT2D eigenvalue weighted by Crippen LogP contribution is -2.55. The number of benzene rings is 2. The molecular formula is C23H23N5O2. The third-order valence-electron chi connectivity index (χ3n) is 5.74. The van der Waals surface area contributed by atoms with Crippen LogP contribution in [0.1, 0.15) is 5.56 Å². The fourth-order valence-corrected chi connectivity index (χ4v) is 4.18. The fourth-order valence-electron chi connectivity index (χ4n) is 4.18. The number of pyridine rings is 1. The van der Waals surface area contributed by atoms with E-state index < -0.39 is 0 Å². The normalized spacial score (nSPS) is 17.5. The van der Waals surface area contributed by atoms with Crippen LogP contribution in [-0.2, 0) is 11.3 Å². The van der Waals surface area contributed by atoms with Gasteiger partial charge in [-0.25, -0.2) is 0 Å². The summed E-state index contributed by atoms with van der Waals surface area (Å²) in [6.07, 6.45) is 0. The molecule has 1 amide bonds. The van der Waals surface area contributed by atoms with Crippen molar-refractivity contribution in [2.75, 3.05) is 19.6 Å². The molecule has 4 aromatic rings. The van der Waals surface area contributed by atoms with Gasteiger partial charge in [-0.3, -0.25) is 14.5 Å². The number of aromatic amines is 2. The second-order valence-electron chi connectivity index (χ2n) is 7.85. The minimum absolute atomic E-state index is 0.112. The summed E-state index contributed by atoms with van der Waals surface area (Å²) < 4.78 is 0. The quantitative estimate of drug-likeness (QED) is 0.419. The number of fused-ring (bicyclic) bond motifs is 2. The number of amides is 1. The molecular weight excluding hydrogens is 378 g/mol. The highest BCUT2D eigenvalue weighted by Gasteiger charge is 2.23. The van der Waals surface area contributed by atoms with E-state index in [9.17, 15) is 9.59 Å². The van der Waals surface area contributed by atoms with Crippen molar-refractivity contribution in [2.45, 2.75) is 12.6 Å². The molecule has 7 nitrogen and oxygen atoms in total. The smallest absolute Gasteiger partial charge is 0.257 e. The van der Waals surface area contributed by atoms with Crippen LogP contribution < -0.4 is 16.6 Å². The largest absolute Gasteiger partial charge is 0.368 e. The molecule has 0 aliphatic carbocycles. The number of nitrogens with two attached hydrogens (primary N) is 1. The number of carbonyl (C=O) groups excluding carboxylic acids is 1. The number of H-pyrrole nitrogens is 2. The molecule has 2 aromatic carbocycles. The van der Waals surface area contributed by atoms with Crippen LogP contribution in [0.5, 0.6) is 0 Å². The van der Waals surface area contributed by atoms with Crippen LogP contribution in [0, 0.1) is 0 Å². The summed E-state index contributed by atoms with van der Waals surface area (Å²) in [6.45, 7) is 2.97. The first-order valence-electron chi connectivity index (χ1n) is 10.1. The first-order chi connectivity index (χ1) is 14.6. The van der Waals surface area contributed by atoms with Gasteiger partial charge < -0.3 is 21.0 Å². The van der Waals surface area contributed by atoms with Gasteiger partial charge in [-0.1, -0.05) is 24.3 Å². The zero-order chi connectivity index (χ0) is 20.7. The van der Waals surface area contributed by atoms with Gasteiger partial charge in [0, 0.05) is 42.6 Å². The van der Waals surface area contributed by atoms with Crippen molar-refractivity contribution in [3.8, 4) is 11.3 Å². The van der Waals surface area contributed by atoms with E-state index in [0.717, 1.165) is 52.7 Å². The Balaban J connectivity index is 1.44. The summed E-state index contributed by atoms with van der Waals surface area (Å²) in [5, 5.41) is 5.20. The maximum absolute atomic E-state index is 12.6. The molecule has 0 spiro atoms. The summed E-state index contributed by atoms with van der Waals surface area (Å²) >= 11 is 0. The predicted octanol–water partition coefficient (Wildman–Crippen LogP) is 1.94. The highest BCUT2D eigenvalue weighted by molar-refractivity contribution is 5.89. The second-order valence-corrected chi connectivity index (χ2v) is 7.85. The maximum atomic E-state index is 12.6. The molecule has 1 unspecified atom stereocenters. The van der Waals surface area contributed by atoms with E-state index in [1.165, 1.54) is 0 Å². The number of hydrogen-bond acceptors (Lipinski definition) is 4. The summed E-state index contributed by atoms with van der Waals surface area (Å²) in [5.74, 6) is -0.314. The Morgan fingerprint density at radius 3 is 2.73 bits per heavy atom. The summed E-state index contributed by atoms with van der Waals surface area (Å²) in [4.78, 5) is 32.6. The van der Waals surface area contributed by atoms with E-state index >= 15 is 0 Å². The molecule has 1 aliphatic heterocycles. The average molecular weight is 401 g/mol. The minimum Gasteiger partial charge on any atom is -0.368 e. The van der Waals surface area contributed by atoms with Crippen molar-refractivity contribution in [1.82, 2.24) is 20.2 Å². The van der Waals surface area contributed by atoms with Crippen LogP contribution in [0.3, 0.4) is 0 Å². The van der Waals surface area contributed by atoms with Crippen LogP contribution in [0.25, 0.3) is 33.1 Å². The lowest BCUT2D eigenvalue weighted by Gasteiger charge is -2.32. The number of nitrogens with one attached hydrogen (secondary N) is 3. The molecule has 1 atom stereocenters. The van der Waals surface area contributed by atoms with Crippen molar-refractivity contribution in [1.29, 1.82) is 0 Å². The zero-order valence-corrected chi connectivity index (χ0v) is 16.4. The number of hydrogen-bond donors (Lipinski definition) is 4. The van der Waals surface area contributed by atoms with Crippen LogP contribution in [0.4, 0.5) is 0 Å². The van der Waals surface area contributed by atoms with Gasteiger partial charge >= 0.3 is 0 Å². The van der Waals surface area contributed by atoms with E-state index in [2.05, 4.69) is 32.3 Å². The van der Waals surface area contributed by atoms with Gasteiger partial charge in [-0.05, 0) is 41.3 Å². The summed E-state index contributed by atoms with van der Waals surface area (Å²) in [7, 11) is 0. The van der Waals surface area contributed by atoms with Gasteiger partial charge in [0.25, 0.3) is 5.56 Å². The predicted molar refractivity (Wildman–Crippen MR) is 118 cm³/mol. The molecule has 1 fully saturated rings. The fraction of sp³-hybridized carbons (Fsp3) is 0.217. The number of nitrogens with zero attached hydrogens (tertiary/aromatic N) is 1. The maximum Gasteiger partial charge on any atom is 0.257 e. The monoisotopic (exact) mass is 401 g/mol. The molecule has 0 radical (unpaired) electrons. The Morgan fingerprint density at radius 1 is 1.03 bits per heavy atom. The molecule has 0 bridgehead atoms. The number of para-hydroxylation sites is 1. The van der Waals surface area contributed by atoms with Gasteiger partial charge in [-0.2, -0.15) is 0 Å². The van der Waals surface area contributed by atoms with Crippen LogP contribution in [-0.4, -0.2) is 46.5 Å². The van der Waals surface area contributed by atoms with Gasteiger partial charge in [0.15, 0.2) is 0 Å². The van der Waals surface area contributed by atoms with E-state index in [1.54, 1.807) is 0 Å². The second kappa shape index (κ2) is 7.44. The molecule has 0 saturated carbocycles. The zero-order valence-electron chi connectivity index (χ0n) is 16.4. The highest BCUT2D eigenvalue weighted by atomic mass is 16.1. The Hall–Kier alpha value is -3.42. The molecule has 1 saturated heterocycles. The third kappa shape index (κ3) is 3.49. The number of primary amides is 1. The Labute approximate surface area is 172 Å². The lowest BCUT2D eigenvalue weighted by atomic mass is 10.1. The number of aromatic nitrogens is 2. The molecule has 5 N–H and O–H groups in total. The molecule has 3 heterocycles. The first kappa shape index (κ1) is 18.6. The van der Waals surface area contributed by atoms with E-state index in [4.69, 9.17) is 5.73 Å². The van der Waals surface area contributed by atoms with Crippen molar-refractivity contribution in [3.63, 3.8) is 0 Å². The first-order valence-corrected chi connectivity index (χ1v) is 10.1. The van der Waals surface area contributed by atoms with E-state index in [0.29, 0.717) is 12.1 Å². The van der Waals surface area contributed by atoms with Crippen molar-refractivity contribution in [2.24, 2.45) is 5.73 Å². The van der Waals surface area contributed by atoms with E-state index in [1.807, 2.05) is 42.5 Å². The molecule has 30 heavy (non-hydrogen) atoms. The van der Waals surface area contributed by atoms with Crippen LogP contribution in [0.2, 0.25) is 0 Å². The summed E-state index contributed by atoms with van der Waals surface area (Å²) in [5.41, 5.74) is 9.72. The lowest BCUT2D eigenvalue weighted by molar-refractivity contribution is -0.121. The Morgan fingerprint density at radius 2 is 1.87 bits per heavy atom. The minimum atomic E-state index is -0.314. The molecule has 5 rings (SSSR count). The molecule has 7 heteroatoms. The number of rotatable bonds is 4. The average Bonchev–Trinajstić information content (AvgIpc) is 3.16. The van der Waals surface area contributed by atoms with Crippen LogP contribution in [0.15, 0.2) is 59.4 Å². The molecule has 2 aromatic heterocycles. The van der Waals surface area contributed by atoms with Crippen LogP contribution >= 0.6 is 0 Å². The third-order valence-corrected chi connectivity index (χ3v) is 5.74. The number of carbonyl (C=O) groups is 1. The van der Waals surface area contributed by atoms with Crippen molar-refractivity contribution >= 4 is 27.7 Å². The van der Waals surface area contributed by atoms with E-state index in [-0.39, 0.29) is 17.5 Å². The van der Waals surface area contributed by atoms with Gasteiger partial charge in [0.2, 0.25) is 5.91 Å². The van der Waals surface area contributed by atoms with Crippen molar-refractivity contribution in [3.05, 3.63) is 70.5 Å². The van der Waals surface area contributed by atoms with Gasteiger partial charge in [0.05, 0.1) is 17.3 Å². The van der Waals surface area contributed by atoms with Crippen molar-refractivity contribution < 1.29 is 4.79 Å². The van der Waals surface area contributed by atoms with Gasteiger partial charge in [0.1, 0.15) is 0 Å². The molecule has 1 aliphatic rings. The SMILES string of the molecule is NC(=O)C1CN(Cc2ccc3[nH]c(-c4cc5ccccc5[nH]c4=O)cc3c2)CCN1. The topological polar surface area (TPSA) is 107 Å².